The van der Waals surface area contributed by atoms with Crippen LogP contribution >= 0.6 is 11.3 Å². The van der Waals surface area contributed by atoms with Gasteiger partial charge in [-0.25, -0.2) is 0 Å². The fourth-order valence-electron chi connectivity index (χ4n) is 2.49. The number of benzene rings is 1. The minimum Gasteiger partial charge on any atom is -0.309 e. The number of hydrogen-bond acceptors (Lipinski definition) is 3. The van der Waals surface area contributed by atoms with Crippen molar-refractivity contribution in [3.05, 3.63) is 65.3 Å². The van der Waals surface area contributed by atoms with Crippen molar-refractivity contribution in [1.82, 2.24) is 10.3 Å². The molecule has 108 valence electrons. The molecule has 21 heavy (non-hydrogen) atoms. The van der Waals surface area contributed by atoms with Gasteiger partial charge in [-0.05, 0) is 42.6 Å². The van der Waals surface area contributed by atoms with Crippen LogP contribution in [0, 0.1) is 0 Å². The Hall–Kier alpha value is -1.71. The van der Waals surface area contributed by atoms with Crippen molar-refractivity contribution in [2.75, 3.05) is 6.54 Å². The first kappa shape index (κ1) is 14.2. The van der Waals surface area contributed by atoms with Crippen LogP contribution in [0.3, 0.4) is 0 Å². The largest absolute Gasteiger partial charge is 0.309 e. The molecular formula is C18H20N2S. The van der Waals surface area contributed by atoms with Crippen LogP contribution in [0.4, 0.5) is 0 Å². The third-order valence-electron chi connectivity index (χ3n) is 3.57. The van der Waals surface area contributed by atoms with Crippen molar-refractivity contribution in [2.45, 2.75) is 25.8 Å². The maximum absolute atomic E-state index is 4.47. The van der Waals surface area contributed by atoms with E-state index in [1.54, 1.807) is 0 Å². The molecule has 1 aromatic carbocycles. The van der Waals surface area contributed by atoms with Gasteiger partial charge < -0.3 is 5.32 Å². The SMILES string of the molecule is CCCNC(Cc1ccccn1)c1cc2ccccc2s1. The topological polar surface area (TPSA) is 24.9 Å². The second-order valence-corrected chi connectivity index (χ2v) is 6.33. The molecule has 0 amide bonds. The van der Waals surface area contributed by atoms with E-state index in [-0.39, 0.29) is 0 Å². The molecule has 0 saturated heterocycles. The molecule has 0 saturated carbocycles. The lowest BCUT2D eigenvalue weighted by atomic mass is 10.1. The fraction of sp³-hybridized carbons (Fsp3) is 0.278. The van der Waals surface area contributed by atoms with E-state index in [2.05, 4.69) is 59.7 Å². The van der Waals surface area contributed by atoms with Crippen molar-refractivity contribution in [1.29, 1.82) is 0 Å². The summed E-state index contributed by atoms with van der Waals surface area (Å²) < 4.78 is 1.36. The monoisotopic (exact) mass is 296 g/mol. The van der Waals surface area contributed by atoms with Crippen LogP contribution in [0.15, 0.2) is 54.7 Å². The summed E-state index contributed by atoms with van der Waals surface area (Å²) >= 11 is 1.88. The molecule has 2 nitrogen and oxygen atoms in total. The molecular weight excluding hydrogens is 276 g/mol. The Balaban J connectivity index is 1.87. The molecule has 2 aromatic heterocycles. The number of hydrogen-bond donors (Lipinski definition) is 1. The Morgan fingerprint density at radius 1 is 1.14 bits per heavy atom. The minimum absolute atomic E-state index is 0.345. The van der Waals surface area contributed by atoms with Crippen LogP contribution < -0.4 is 5.32 Å². The van der Waals surface area contributed by atoms with Gasteiger partial charge in [0.1, 0.15) is 0 Å². The molecule has 1 N–H and O–H groups in total. The van der Waals surface area contributed by atoms with Crippen LogP contribution in [-0.4, -0.2) is 11.5 Å². The second kappa shape index (κ2) is 6.83. The van der Waals surface area contributed by atoms with Crippen LogP contribution in [0.5, 0.6) is 0 Å². The van der Waals surface area contributed by atoms with E-state index in [0.29, 0.717) is 6.04 Å². The summed E-state index contributed by atoms with van der Waals surface area (Å²) in [4.78, 5) is 5.87. The van der Waals surface area contributed by atoms with E-state index in [0.717, 1.165) is 25.1 Å². The predicted molar refractivity (Wildman–Crippen MR) is 90.8 cm³/mol. The standard InChI is InChI=1S/C18H20N2S/c1-2-10-20-16(13-15-8-5-6-11-19-15)18-12-14-7-3-4-9-17(14)21-18/h3-9,11-12,16,20H,2,10,13H2,1H3. The molecule has 1 atom stereocenters. The Labute approximate surface area is 129 Å². The summed E-state index contributed by atoms with van der Waals surface area (Å²) in [7, 11) is 0. The lowest BCUT2D eigenvalue weighted by Gasteiger charge is -2.16. The molecule has 3 aromatic rings. The molecule has 3 rings (SSSR count). The normalized spacial score (nSPS) is 12.6. The highest BCUT2D eigenvalue weighted by molar-refractivity contribution is 7.19. The first-order valence-corrected chi connectivity index (χ1v) is 8.30. The van der Waals surface area contributed by atoms with E-state index in [4.69, 9.17) is 0 Å². The van der Waals surface area contributed by atoms with Gasteiger partial charge >= 0.3 is 0 Å². The zero-order valence-corrected chi connectivity index (χ0v) is 13.1. The molecule has 0 aliphatic rings. The van der Waals surface area contributed by atoms with Crippen molar-refractivity contribution >= 4 is 21.4 Å². The van der Waals surface area contributed by atoms with Gasteiger partial charge in [-0.15, -0.1) is 11.3 Å². The zero-order chi connectivity index (χ0) is 14.5. The predicted octanol–water partition coefficient (Wildman–Crippen LogP) is 4.58. The maximum atomic E-state index is 4.47. The molecule has 1 unspecified atom stereocenters. The second-order valence-electron chi connectivity index (χ2n) is 5.22. The first-order chi connectivity index (χ1) is 10.4. The Morgan fingerprint density at radius 3 is 2.76 bits per heavy atom. The maximum Gasteiger partial charge on any atom is 0.0471 e. The average Bonchev–Trinajstić information content (AvgIpc) is 2.96. The van der Waals surface area contributed by atoms with Crippen LogP contribution in [-0.2, 0) is 6.42 Å². The van der Waals surface area contributed by atoms with Gasteiger partial charge in [-0.1, -0.05) is 31.2 Å². The van der Waals surface area contributed by atoms with E-state index in [1.807, 2.05) is 23.6 Å². The number of pyridine rings is 1. The summed E-state index contributed by atoms with van der Waals surface area (Å²) in [5.41, 5.74) is 1.14. The van der Waals surface area contributed by atoms with E-state index < -0.39 is 0 Å². The van der Waals surface area contributed by atoms with Crippen LogP contribution in [0.1, 0.15) is 30.0 Å². The quantitative estimate of drug-likeness (QED) is 0.720. The third-order valence-corrected chi connectivity index (χ3v) is 4.80. The van der Waals surface area contributed by atoms with Gasteiger partial charge in [0.25, 0.3) is 0 Å². The molecule has 0 aliphatic carbocycles. The van der Waals surface area contributed by atoms with Crippen LogP contribution in [0.25, 0.3) is 10.1 Å². The Morgan fingerprint density at radius 2 is 2.00 bits per heavy atom. The number of nitrogens with zero attached hydrogens (tertiary/aromatic N) is 1. The fourth-order valence-corrected chi connectivity index (χ4v) is 3.63. The molecule has 0 radical (unpaired) electrons. The highest BCUT2D eigenvalue weighted by Gasteiger charge is 2.15. The minimum atomic E-state index is 0.345. The molecule has 0 aliphatic heterocycles. The Bertz CT molecular complexity index is 658. The highest BCUT2D eigenvalue weighted by Crippen LogP contribution is 2.31. The van der Waals surface area contributed by atoms with Crippen molar-refractivity contribution in [2.24, 2.45) is 0 Å². The van der Waals surface area contributed by atoms with Crippen molar-refractivity contribution in [3.8, 4) is 0 Å². The summed E-state index contributed by atoms with van der Waals surface area (Å²) in [5, 5.41) is 5.00. The zero-order valence-electron chi connectivity index (χ0n) is 12.3. The average molecular weight is 296 g/mol. The van der Waals surface area contributed by atoms with Crippen LogP contribution in [0.2, 0.25) is 0 Å². The number of thiophene rings is 1. The number of fused-ring (bicyclic) bond motifs is 1. The van der Waals surface area contributed by atoms with Gasteiger partial charge in [0.2, 0.25) is 0 Å². The van der Waals surface area contributed by atoms with Gasteiger partial charge in [0, 0.05) is 33.9 Å². The smallest absolute Gasteiger partial charge is 0.0471 e. The molecule has 0 spiro atoms. The summed E-state index contributed by atoms with van der Waals surface area (Å²) in [5.74, 6) is 0. The third kappa shape index (κ3) is 3.49. The lowest BCUT2D eigenvalue weighted by molar-refractivity contribution is 0.532. The summed E-state index contributed by atoms with van der Waals surface area (Å²) in [6.45, 7) is 3.24. The van der Waals surface area contributed by atoms with E-state index >= 15 is 0 Å². The number of aromatic nitrogens is 1. The van der Waals surface area contributed by atoms with Gasteiger partial charge in [-0.2, -0.15) is 0 Å². The molecule has 2 heterocycles. The van der Waals surface area contributed by atoms with Gasteiger partial charge in [0.15, 0.2) is 0 Å². The van der Waals surface area contributed by atoms with E-state index in [1.165, 1.54) is 15.0 Å². The summed E-state index contributed by atoms with van der Waals surface area (Å²) in [6.07, 6.45) is 3.95. The highest BCUT2D eigenvalue weighted by atomic mass is 32.1. The molecule has 0 fully saturated rings. The summed E-state index contributed by atoms with van der Waals surface area (Å²) in [6, 6.07) is 17.4. The van der Waals surface area contributed by atoms with E-state index in [9.17, 15) is 0 Å². The van der Waals surface area contributed by atoms with Gasteiger partial charge in [0.05, 0.1) is 0 Å². The van der Waals surface area contributed by atoms with Crippen molar-refractivity contribution < 1.29 is 0 Å². The molecule has 0 bridgehead atoms. The number of nitrogens with one attached hydrogen (secondary N) is 1. The van der Waals surface area contributed by atoms with Crippen molar-refractivity contribution in [3.63, 3.8) is 0 Å². The molecule has 3 heteroatoms. The lowest BCUT2D eigenvalue weighted by Crippen LogP contribution is -2.23. The van der Waals surface area contributed by atoms with Gasteiger partial charge in [-0.3, -0.25) is 4.98 Å². The Kier molecular flexibility index (Phi) is 4.63. The number of rotatable bonds is 6. The first-order valence-electron chi connectivity index (χ1n) is 7.48.